The Kier molecular flexibility index (Phi) is 3.91. The van der Waals surface area contributed by atoms with Crippen LogP contribution in [0.1, 0.15) is 46.9 Å². The van der Waals surface area contributed by atoms with E-state index in [0.29, 0.717) is 17.3 Å². The number of aryl methyl sites for hydroxylation is 2. The van der Waals surface area contributed by atoms with Crippen LogP contribution in [-0.4, -0.2) is 25.7 Å². The smallest absolute Gasteiger partial charge is 0.274 e. The zero-order chi connectivity index (χ0) is 17.4. The summed E-state index contributed by atoms with van der Waals surface area (Å²) in [6, 6.07) is 0. The highest BCUT2D eigenvalue weighted by Gasteiger charge is 2.40. The molecule has 0 aliphatic heterocycles. The van der Waals surface area contributed by atoms with E-state index in [0.717, 1.165) is 36.3 Å². The van der Waals surface area contributed by atoms with E-state index in [4.69, 9.17) is 4.42 Å². The average Bonchev–Trinajstić information content (AvgIpc) is 3.33. The molecule has 8 heteroatoms. The highest BCUT2D eigenvalue weighted by molar-refractivity contribution is 7.09. The van der Waals surface area contributed by atoms with Crippen molar-refractivity contribution in [2.75, 3.05) is 0 Å². The van der Waals surface area contributed by atoms with Crippen LogP contribution < -0.4 is 5.32 Å². The number of carbonyl (C=O) groups is 1. The number of thiazole rings is 1. The Morgan fingerprint density at radius 1 is 1.40 bits per heavy atom. The molecular weight excluding hydrogens is 338 g/mol. The van der Waals surface area contributed by atoms with Gasteiger partial charge in [0.2, 0.25) is 5.89 Å². The van der Waals surface area contributed by atoms with Crippen molar-refractivity contribution in [1.82, 2.24) is 25.1 Å². The first-order chi connectivity index (χ1) is 12.1. The minimum absolute atomic E-state index is 0.214. The first-order valence-corrected chi connectivity index (χ1v) is 9.14. The van der Waals surface area contributed by atoms with E-state index >= 15 is 0 Å². The van der Waals surface area contributed by atoms with Gasteiger partial charge in [0.25, 0.3) is 5.91 Å². The Hall–Kier alpha value is -2.48. The molecule has 0 spiro atoms. The summed E-state index contributed by atoms with van der Waals surface area (Å²) < 4.78 is 7.36. The number of hydrogen-bond acceptors (Lipinski definition) is 6. The van der Waals surface area contributed by atoms with Crippen molar-refractivity contribution < 1.29 is 9.21 Å². The lowest BCUT2D eigenvalue weighted by atomic mass is 9.98. The van der Waals surface area contributed by atoms with Crippen molar-refractivity contribution in [2.24, 2.45) is 7.05 Å². The lowest BCUT2D eigenvalue weighted by molar-refractivity contribution is 0.0892. The summed E-state index contributed by atoms with van der Waals surface area (Å²) in [5, 5.41) is 10.2. The fourth-order valence-electron chi connectivity index (χ4n) is 3.37. The molecule has 0 aromatic carbocycles. The van der Waals surface area contributed by atoms with Gasteiger partial charge in [-0.1, -0.05) is 12.8 Å². The van der Waals surface area contributed by atoms with Crippen LogP contribution in [0.3, 0.4) is 0 Å². The number of nitrogens with one attached hydrogen (secondary N) is 1. The first kappa shape index (κ1) is 16.0. The van der Waals surface area contributed by atoms with Crippen molar-refractivity contribution in [1.29, 1.82) is 0 Å². The van der Waals surface area contributed by atoms with E-state index in [1.807, 2.05) is 12.4 Å². The van der Waals surface area contributed by atoms with Crippen LogP contribution in [0.25, 0.3) is 11.5 Å². The predicted molar refractivity (Wildman–Crippen MR) is 93.2 cm³/mol. The maximum absolute atomic E-state index is 12.9. The number of hydrogen-bond donors (Lipinski definition) is 1. The third kappa shape index (κ3) is 2.86. The molecule has 1 amide bonds. The van der Waals surface area contributed by atoms with Gasteiger partial charge in [0.05, 0.1) is 17.3 Å². The minimum atomic E-state index is -0.384. The zero-order valence-corrected chi connectivity index (χ0v) is 15.0. The van der Waals surface area contributed by atoms with Gasteiger partial charge in [-0.2, -0.15) is 5.10 Å². The second-order valence-electron chi connectivity index (χ2n) is 6.41. The van der Waals surface area contributed by atoms with E-state index in [-0.39, 0.29) is 11.4 Å². The summed E-state index contributed by atoms with van der Waals surface area (Å²) in [5.41, 5.74) is 0.687. The zero-order valence-electron chi connectivity index (χ0n) is 14.2. The molecule has 3 aromatic rings. The van der Waals surface area contributed by atoms with Gasteiger partial charge in [-0.15, -0.1) is 11.3 Å². The van der Waals surface area contributed by atoms with Crippen LogP contribution >= 0.6 is 11.3 Å². The normalized spacial score (nSPS) is 16.2. The molecular formula is C17H19N5O2S. The van der Waals surface area contributed by atoms with Gasteiger partial charge >= 0.3 is 0 Å². The topological polar surface area (TPSA) is 85.8 Å². The Labute approximate surface area is 149 Å². The van der Waals surface area contributed by atoms with E-state index in [9.17, 15) is 4.79 Å². The van der Waals surface area contributed by atoms with Crippen LogP contribution in [0, 0.1) is 6.92 Å². The molecule has 1 N–H and O–H groups in total. The monoisotopic (exact) mass is 357 g/mol. The summed E-state index contributed by atoms with van der Waals surface area (Å²) >= 11 is 1.58. The number of carbonyl (C=O) groups excluding carboxylic acids is 1. The maximum atomic E-state index is 12.9. The number of amides is 1. The molecule has 0 unspecified atom stereocenters. The molecule has 1 saturated carbocycles. The summed E-state index contributed by atoms with van der Waals surface area (Å²) in [4.78, 5) is 21.7. The lowest BCUT2D eigenvalue weighted by Crippen LogP contribution is -2.44. The Morgan fingerprint density at radius 3 is 2.84 bits per heavy atom. The number of aromatic nitrogens is 4. The van der Waals surface area contributed by atoms with Crippen LogP contribution in [-0.2, 0) is 12.6 Å². The van der Waals surface area contributed by atoms with Crippen molar-refractivity contribution in [3.63, 3.8) is 0 Å². The molecule has 1 aliphatic rings. The Bertz CT molecular complexity index is 890. The molecule has 1 fully saturated rings. The highest BCUT2D eigenvalue weighted by atomic mass is 32.1. The predicted octanol–water partition coefficient (Wildman–Crippen LogP) is 3.04. The van der Waals surface area contributed by atoms with Crippen LogP contribution in [0.2, 0.25) is 0 Å². The van der Waals surface area contributed by atoms with Gasteiger partial charge in [-0.3, -0.25) is 9.48 Å². The third-order valence-electron chi connectivity index (χ3n) is 4.62. The molecule has 4 rings (SSSR count). The largest absolute Gasteiger partial charge is 0.440 e. The minimum Gasteiger partial charge on any atom is -0.440 e. The van der Waals surface area contributed by atoms with Crippen molar-refractivity contribution in [3.05, 3.63) is 40.4 Å². The summed E-state index contributed by atoms with van der Waals surface area (Å²) in [7, 11) is 1.82. The average molecular weight is 357 g/mol. The summed E-state index contributed by atoms with van der Waals surface area (Å²) in [6.07, 6.45) is 9.23. The molecule has 0 saturated heterocycles. The second kappa shape index (κ2) is 6.11. The van der Waals surface area contributed by atoms with Crippen LogP contribution in [0.15, 0.2) is 28.4 Å². The molecule has 7 nitrogen and oxygen atoms in total. The number of nitrogens with zero attached hydrogens (tertiary/aromatic N) is 4. The molecule has 1 aliphatic carbocycles. The van der Waals surface area contributed by atoms with E-state index in [1.54, 1.807) is 41.5 Å². The first-order valence-electron chi connectivity index (χ1n) is 8.26. The van der Waals surface area contributed by atoms with Crippen LogP contribution in [0.5, 0.6) is 0 Å². The molecule has 0 atom stereocenters. The molecule has 0 radical (unpaired) electrons. The van der Waals surface area contributed by atoms with Gasteiger partial charge in [0.15, 0.2) is 5.69 Å². The quantitative estimate of drug-likeness (QED) is 0.776. The van der Waals surface area contributed by atoms with Gasteiger partial charge in [-0.05, 0) is 19.8 Å². The van der Waals surface area contributed by atoms with Crippen molar-refractivity contribution in [2.45, 2.75) is 38.1 Å². The third-order valence-corrected chi connectivity index (χ3v) is 5.59. The van der Waals surface area contributed by atoms with E-state index in [1.165, 1.54) is 0 Å². The van der Waals surface area contributed by atoms with Gasteiger partial charge in [0, 0.05) is 24.8 Å². The fourth-order valence-corrected chi connectivity index (χ4v) is 4.22. The number of rotatable bonds is 4. The molecule has 3 aromatic heterocycles. The standard InChI is InChI=1S/C17H19N5O2S/c1-11-13(20-15(24-11)12-9-19-22(2)10-12)14(23)21-17(5-3-4-6-17)16-18-7-8-25-16/h7-10H,3-6H2,1-2H3,(H,21,23). The van der Waals surface area contributed by atoms with Crippen LogP contribution in [0.4, 0.5) is 0 Å². The lowest BCUT2D eigenvalue weighted by Gasteiger charge is -2.27. The van der Waals surface area contributed by atoms with E-state index in [2.05, 4.69) is 20.4 Å². The van der Waals surface area contributed by atoms with Gasteiger partial charge < -0.3 is 9.73 Å². The Morgan fingerprint density at radius 2 is 2.20 bits per heavy atom. The van der Waals surface area contributed by atoms with E-state index < -0.39 is 0 Å². The molecule has 0 bridgehead atoms. The number of oxazole rings is 1. The molecule has 3 heterocycles. The molecule has 25 heavy (non-hydrogen) atoms. The fraction of sp³-hybridized carbons (Fsp3) is 0.412. The maximum Gasteiger partial charge on any atom is 0.274 e. The SMILES string of the molecule is Cc1oc(-c2cnn(C)c2)nc1C(=O)NC1(c2nccs2)CCCC1. The van der Waals surface area contributed by atoms with Gasteiger partial charge in [-0.25, -0.2) is 9.97 Å². The second-order valence-corrected chi connectivity index (χ2v) is 7.30. The summed E-state index contributed by atoms with van der Waals surface area (Å²) in [5.74, 6) is 0.697. The van der Waals surface area contributed by atoms with Gasteiger partial charge in [0.1, 0.15) is 10.8 Å². The van der Waals surface area contributed by atoms with Crippen molar-refractivity contribution in [3.8, 4) is 11.5 Å². The van der Waals surface area contributed by atoms with Crippen molar-refractivity contribution >= 4 is 17.2 Å². The summed E-state index contributed by atoms with van der Waals surface area (Å²) in [6.45, 7) is 1.76. The Balaban J connectivity index is 1.62. The molecule has 130 valence electrons. The highest BCUT2D eigenvalue weighted by Crippen LogP contribution is 2.40.